The van der Waals surface area contributed by atoms with Gasteiger partial charge in [0.05, 0.1) is 11.0 Å². The molecule has 1 aromatic rings. The fourth-order valence-corrected chi connectivity index (χ4v) is 3.93. The Hall–Kier alpha value is -1.27. The van der Waals surface area contributed by atoms with Crippen LogP contribution in [0.15, 0.2) is 18.2 Å². The molecule has 0 spiro atoms. The molecular formula is C15H26N3O4P. The molecule has 1 atom stereocenters. The summed E-state index contributed by atoms with van der Waals surface area (Å²) in [6, 6.07) is 4.79. The number of aryl methyl sites for hydroxylation is 1. The van der Waals surface area contributed by atoms with Gasteiger partial charge in [0.25, 0.3) is 5.69 Å². The first-order chi connectivity index (χ1) is 10.8. The zero-order valence-corrected chi connectivity index (χ0v) is 15.1. The van der Waals surface area contributed by atoms with Gasteiger partial charge in [0.15, 0.2) is 0 Å². The van der Waals surface area contributed by atoms with E-state index in [1.54, 1.807) is 26.0 Å². The summed E-state index contributed by atoms with van der Waals surface area (Å²) in [5.74, 6) is 0. The lowest BCUT2D eigenvalue weighted by molar-refractivity contribution is -0.385. The smallest absolute Gasteiger partial charge is 0.298 e. The Kier molecular flexibility index (Phi) is 7.85. The number of nitro groups is 1. The van der Waals surface area contributed by atoms with Gasteiger partial charge in [-0.1, -0.05) is 13.8 Å². The number of rotatable bonds is 10. The molecule has 0 fully saturated rings. The van der Waals surface area contributed by atoms with Gasteiger partial charge in [-0.3, -0.25) is 19.2 Å². The first-order valence-corrected chi connectivity index (χ1v) is 9.49. The van der Waals surface area contributed by atoms with Gasteiger partial charge in [-0.25, -0.2) is 10.2 Å². The molecule has 0 radical (unpaired) electrons. The van der Waals surface area contributed by atoms with Crippen LogP contribution in [0.4, 0.5) is 5.69 Å². The van der Waals surface area contributed by atoms with E-state index in [0.29, 0.717) is 18.7 Å². The maximum absolute atomic E-state index is 12.8. The topological polar surface area (TPSA) is 93.5 Å². The van der Waals surface area contributed by atoms with E-state index in [-0.39, 0.29) is 5.69 Å². The Bertz CT molecular complexity index is 568. The number of hydrogen-bond acceptors (Lipinski definition) is 4. The Morgan fingerprint density at radius 2 is 1.83 bits per heavy atom. The lowest BCUT2D eigenvalue weighted by Gasteiger charge is -2.24. The molecule has 0 saturated carbocycles. The van der Waals surface area contributed by atoms with Crippen LogP contribution in [-0.2, 0) is 9.09 Å². The summed E-state index contributed by atoms with van der Waals surface area (Å²) in [6.45, 7) is 8.60. The van der Waals surface area contributed by atoms with Crippen molar-refractivity contribution in [1.82, 2.24) is 10.2 Å². The molecule has 1 unspecified atom stereocenters. The Labute approximate surface area is 137 Å². The van der Waals surface area contributed by atoms with Crippen LogP contribution in [0.3, 0.4) is 0 Å². The molecule has 0 amide bonds. The van der Waals surface area contributed by atoms with Crippen molar-refractivity contribution in [2.24, 2.45) is 0 Å². The molecule has 0 aliphatic carbocycles. The highest BCUT2D eigenvalue weighted by Crippen LogP contribution is 2.43. The molecule has 1 aromatic carbocycles. The van der Waals surface area contributed by atoms with Crippen molar-refractivity contribution >= 4 is 13.4 Å². The van der Waals surface area contributed by atoms with Crippen LogP contribution in [-0.4, -0.2) is 18.0 Å². The summed E-state index contributed by atoms with van der Waals surface area (Å²) in [5, 5.41) is 16.8. The molecule has 23 heavy (non-hydrogen) atoms. The third kappa shape index (κ3) is 6.03. The Morgan fingerprint density at radius 3 is 2.26 bits per heavy atom. The average Bonchev–Trinajstić information content (AvgIpc) is 2.50. The molecule has 0 saturated heterocycles. The van der Waals surface area contributed by atoms with Crippen LogP contribution in [0.25, 0.3) is 0 Å². The van der Waals surface area contributed by atoms with Crippen molar-refractivity contribution in [3.05, 3.63) is 39.4 Å². The molecule has 130 valence electrons. The minimum atomic E-state index is -3.15. The maximum Gasteiger partial charge on any atom is 0.341 e. The molecule has 0 aromatic heterocycles. The molecule has 0 aliphatic rings. The van der Waals surface area contributed by atoms with Crippen molar-refractivity contribution in [2.75, 3.05) is 13.1 Å². The zero-order valence-electron chi connectivity index (χ0n) is 14.2. The van der Waals surface area contributed by atoms with Crippen LogP contribution in [0.1, 0.15) is 50.8 Å². The number of nitrogens with one attached hydrogen (secondary N) is 2. The second-order valence-corrected chi connectivity index (χ2v) is 7.36. The Morgan fingerprint density at radius 1 is 1.26 bits per heavy atom. The summed E-state index contributed by atoms with van der Waals surface area (Å²) in [6.07, 6.45) is 1.23. The van der Waals surface area contributed by atoms with Gasteiger partial charge in [-0.05, 0) is 44.4 Å². The third-order valence-electron chi connectivity index (χ3n) is 3.33. The van der Waals surface area contributed by atoms with Gasteiger partial charge in [-0.15, -0.1) is 0 Å². The number of benzene rings is 1. The SMILES string of the molecule is CCCNP(=O)(NCCC)OC(C)c1ccc([N+](=O)[O-])c(C)c1. The number of nitro benzene ring substituents is 1. The molecular weight excluding hydrogens is 317 g/mol. The van der Waals surface area contributed by atoms with Crippen molar-refractivity contribution in [3.8, 4) is 0 Å². The van der Waals surface area contributed by atoms with Crippen molar-refractivity contribution < 1.29 is 14.0 Å². The van der Waals surface area contributed by atoms with E-state index in [1.807, 2.05) is 13.8 Å². The minimum Gasteiger partial charge on any atom is -0.298 e. The summed E-state index contributed by atoms with van der Waals surface area (Å²) < 4.78 is 18.6. The summed E-state index contributed by atoms with van der Waals surface area (Å²) in [7, 11) is -3.15. The fourth-order valence-electron chi connectivity index (χ4n) is 2.07. The van der Waals surface area contributed by atoms with E-state index in [4.69, 9.17) is 4.52 Å². The van der Waals surface area contributed by atoms with Crippen molar-refractivity contribution in [1.29, 1.82) is 0 Å². The molecule has 1 rings (SSSR count). The van der Waals surface area contributed by atoms with Gasteiger partial charge >= 0.3 is 7.67 Å². The quantitative estimate of drug-likeness (QED) is 0.377. The Balaban J connectivity index is 2.89. The predicted octanol–water partition coefficient (Wildman–Crippen LogP) is 4.09. The van der Waals surface area contributed by atoms with Gasteiger partial charge < -0.3 is 0 Å². The molecule has 2 N–H and O–H groups in total. The van der Waals surface area contributed by atoms with Gasteiger partial charge in [0.2, 0.25) is 0 Å². The fraction of sp³-hybridized carbons (Fsp3) is 0.600. The second-order valence-electron chi connectivity index (χ2n) is 5.42. The minimum absolute atomic E-state index is 0.0670. The highest BCUT2D eigenvalue weighted by Gasteiger charge is 2.25. The van der Waals surface area contributed by atoms with Gasteiger partial charge in [0, 0.05) is 24.7 Å². The van der Waals surface area contributed by atoms with E-state index in [1.165, 1.54) is 6.07 Å². The first-order valence-electron chi connectivity index (χ1n) is 7.86. The van der Waals surface area contributed by atoms with E-state index in [9.17, 15) is 14.7 Å². The van der Waals surface area contributed by atoms with Crippen LogP contribution in [0.5, 0.6) is 0 Å². The van der Waals surface area contributed by atoms with E-state index in [0.717, 1.165) is 18.4 Å². The highest BCUT2D eigenvalue weighted by atomic mass is 31.2. The third-order valence-corrected chi connectivity index (χ3v) is 5.23. The second kappa shape index (κ2) is 9.13. The summed E-state index contributed by atoms with van der Waals surface area (Å²) in [4.78, 5) is 10.5. The number of nitrogens with zero attached hydrogens (tertiary/aromatic N) is 1. The van der Waals surface area contributed by atoms with Gasteiger partial charge in [0.1, 0.15) is 0 Å². The van der Waals surface area contributed by atoms with Crippen LogP contribution in [0, 0.1) is 17.0 Å². The van der Waals surface area contributed by atoms with Crippen LogP contribution >= 0.6 is 7.67 Å². The van der Waals surface area contributed by atoms with E-state index >= 15 is 0 Å². The standard InChI is InChI=1S/C15H26N3O4P/c1-5-9-16-23(21,17-10-6-2)22-13(4)14-7-8-15(18(19)20)12(3)11-14/h7-8,11,13H,5-6,9-10H2,1-4H3,(H2,16,17,21). The average molecular weight is 343 g/mol. The summed E-state index contributed by atoms with van der Waals surface area (Å²) >= 11 is 0. The lowest BCUT2D eigenvalue weighted by atomic mass is 10.1. The monoisotopic (exact) mass is 343 g/mol. The molecule has 0 heterocycles. The largest absolute Gasteiger partial charge is 0.341 e. The first kappa shape index (κ1) is 19.8. The molecule has 0 bridgehead atoms. The van der Waals surface area contributed by atoms with Crippen molar-refractivity contribution in [3.63, 3.8) is 0 Å². The zero-order chi connectivity index (χ0) is 17.5. The van der Waals surface area contributed by atoms with Crippen LogP contribution < -0.4 is 10.2 Å². The molecule has 7 nitrogen and oxygen atoms in total. The van der Waals surface area contributed by atoms with Gasteiger partial charge in [-0.2, -0.15) is 0 Å². The highest BCUT2D eigenvalue weighted by molar-refractivity contribution is 7.54. The molecule has 8 heteroatoms. The maximum atomic E-state index is 12.8. The van der Waals surface area contributed by atoms with E-state index in [2.05, 4.69) is 10.2 Å². The van der Waals surface area contributed by atoms with Crippen molar-refractivity contribution in [2.45, 2.75) is 46.6 Å². The lowest BCUT2D eigenvalue weighted by Crippen LogP contribution is -2.26. The predicted molar refractivity (Wildman–Crippen MR) is 91.5 cm³/mol. The molecule has 0 aliphatic heterocycles. The number of hydrogen-bond donors (Lipinski definition) is 2. The van der Waals surface area contributed by atoms with E-state index < -0.39 is 18.7 Å². The normalized spacial score (nSPS) is 13.0. The van der Waals surface area contributed by atoms with Crippen LogP contribution in [0.2, 0.25) is 0 Å². The summed E-state index contributed by atoms with van der Waals surface area (Å²) in [5.41, 5.74) is 1.38.